The van der Waals surface area contributed by atoms with Crippen molar-refractivity contribution in [3.8, 4) is 0 Å². The molecule has 1 aromatic rings. The molecule has 0 saturated carbocycles. The van der Waals surface area contributed by atoms with Gasteiger partial charge in [0, 0.05) is 19.3 Å². The third-order valence-corrected chi connectivity index (χ3v) is 2.00. The maximum atomic E-state index is 11.3. The number of carbonyl (C=O) groups is 1. The van der Waals surface area contributed by atoms with Gasteiger partial charge in [-0.3, -0.25) is 4.79 Å². The predicted octanol–water partition coefficient (Wildman–Crippen LogP) is 0.401. The van der Waals surface area contributed by atoms with E-state index in [-0.39, 0.29) is 5.91 Å². The highest BCUT2D eigenvalue weighted by atomic mass is 16.1. The highest BCUT2D eigenvalue weighted by Crippen LogP contribution is 1.93. The van der Waals surface area contributed by atoms with Crippen LogP contribution in [0.1, 0.15) is 24.9 Å². The minimum Gasteiger partial charge on any atom is -0.355 e. The van der Waals surface area contributed by atoms with Gasteiger partial charge in [-0.2, -0.15) is 0 Å². The second-order valence-corrected chi connectivity index (χ2v) is 3.55. The zero-order chi connectivity index (χ0) is 11.8. The van der Waals surface area contributed by atoms with E-state index in [0.717, 1.165) is 24.5 Å². The lowest BCUT2D eigenvalue weighted by Crippen LogP contribution is -2.34. The Morgan fingerprint density at radius 1 is 1.50 bits per heavy atom. The minimum atomic E-state index is 0.0210. The molecule has 0 saturated heterocycles. The van der Waals surface area contributed by atoms with Crippen molar-refractivity contribution in [3.05, 3.63) is 23.8 Å². The van der Waals surface area contributed by atoms with Crippen LogP contribution in [0.4, 0.5) is 0 Å². The van der Waals surface area contributed by atoms with E-state index in [4.69, 9.17) is 0 Å². The van der Waals surface area contributed by atoms with Crippen LogP contribution < -0.4 is 10.6 Å². The van der Waals surface area contributed by atoms with Crippen LogP contribution >= 0.6 is 0 Å². The summed E-state index contributed by atoms with van der Waals surface area (Å²) in [6.07, 6.45) is 2.67. The Morgan fingerprint density at radius 2 is 2.31 bits per heavy atom. The Bertz CT molecular complexity index is 341. The number of hydrogen-bond acceptors (Lipinski definition) is 4. The quantitative estimate of drug-likeness (QED) is 0.731. The molecule has 0 fully saturated rings. The lowest BCUT2D eigenvalue weighted by Gasteiger charge is -2.05. The second kappa shape index (κ2) is 6.90. The summed E-state index contributed by atoms with van der Waals surface area (Å²) in [6.45, 7) is 5.51. The van der Waals surface area contributed by atoms with Gasteiger partial charge < -0.3 is 10.6 Å². The molecule has 0 aliphatic carbocycles. The third-order valence-electron chi connectivity index (χ3n) is 2.00. The normalized spacial score (nSPS) is 10.1. The maximum absolute atomic E-state index is 11.3. The molecule has 1 rings (SSSR count). The summed E-state index contributed by atoms with van der Waals surface area (Å²) in [5.41, 5.74) is 0.899. The summed E-state index contributed by atoms with van der Waals surface area (Å²) in [7, 11) is 0. The summed E-state index contributed by atoms with van der Waals surface area (Å²) < 4.78 is 0. The highest BCUT2D eigenvalue weighted by Gasteiger charge is 2.00. The van der Waals surface area contributed by atoms with Crippen molar-refractivity contribution in [1.82, 2.24) is 20.6 Å². The fraction of sp³-hybridized carbons (Fsp3) is 0.545. The molecule has 0 spiro atoms. The van der Waals surface area contributed by atoms with Crippen LogP contribution in [0.5, 0.6) is 0 Å². The largest absolute Gasteiger partial charge is 0.355 e. The monoisotopic (exact) mass is 222 g/mol. The molecule has 5 heteroatoms. The van der Waals surface area contributed by atoms with Crippen molar-refractivity contribution in [2.24, 2.45) is 0 Å². The van der Waals surface area contributed by atoms with Crippen LogP contribution in [0.3, 0.4) is 0 Å². The van der Waals surface area contributed by atoms with Gasteiger partial charge in [0.1, 0.15) is 5.82 Å². The first-order chi connectivity index (χ1) is 7.72. The fourth-order valence-electron chi connectivity index (χ4n) is 1.23. The summed E-state index contributed by atoms with van der Waals surface area (Å²) in [4.78, 5) is 19.5. The lowest BCUT2D eigenvalue weighted by atomic mass is 10.4. The molecule has 0 atom stereocenters. The number of aryl methyl sites for hydroxylation is 1. The van der Waals surface area contributed by atoms with Crippen molar-refractivity contribution in [2.75, 3.05) is 13.1 Å². The van der Waals surface area contributed by atoms with Crippen LogP contribution in [0, 0.1) is 6.92 Å². The number of amides is 1. The lowest BCUT2D eigenvalue weighted by molar-refractivity contribution is -0.120. The minimum absolute atomic E-state index is 0.0210. The molecule has 1 heterocycles. The fourth-order valence-corrected chi connectivity index (χ4v) is 1.23. The molecule has 0 bridgehead atoms. The van der Waals surface area contributed by atoms with Crippen molar-refractivity contribution in [1.29, 1.82) is 0 Å². The van der Waals surface area contributed by atoms with Gasteiger partial charge >= 0.3 is 0 Å². The summed E-state index contributed by atoms with van der Waals surface area (Å²) in [5, 5.41) is 5.83. The van der Waals surface area contributed by atoms with E-state index in [2.05, 4.69) is 20.6 Å². The summed E-state index contributed by atoms with van der Waals surface area (Å²) in [6, 6.07) is 1.84. The standard InChI is InChI=1S/C11H18N4O/c1-3-5-14-11(16)8-12-7-10-4-6-13-9(2)15-10/h4,6,12H,3,5,7-8H2,1-2H3,(H,14,16). The molecule has 5 nitrogen and oxygen atoms in total. The molecule has 16 heavy (non-hydrogen) atoms. The number of hydrogen-bond donors (Lipinski definition) is 2. The Balaban J connectivity index is 2.22. The van der Waals surface area contributed by atoms with Crippen LogP contribution in [0.2, 0.25) is 0 Å². The molecule has 0 aliphatic heterocycles. The van der Waals surface area contributed by atoms with E-state index < -0.39 is 0 Å². The van der Waals surface area contributed by atoms with Gasteiger partial charge in [-0.15, -0.1) is 0 Å². The Hall–Kier alpha value is -1.49. The number of nitrogens with one attached hydrogen (secondary N) is 2. The van der Waals surface area contributed by atoms with Gasteiger partial charge in [-0.25, -0.2) is 9.97 Å². The Labute approximate surface area is 95.7 Å². The average Bonchev–Trinajstić information content (AvgIpc) is 2.26. The van der Waals surface area contributed by atoms with E-state index in [0.29, 0.717) is 13.1 Å². The molecule has 88 valence electrons. The van der Waals surface area contributed by atoms with E-state index in [1.165, 1.54) is 0 Å². The molecular weight excluding hydrogens is 204 g/mol. The first-order valence-electron chi connectivity index (χ1n) is 5.48. The zero-order valence-corrected chi connectivity index (χ0v) is 9.79. The zero-order valence-electron chi connectivity index (χ0n) is 9.79. The van der Waals surface area contributed by atoms with E-state index in [1.807, 2.05) is 19.9 Å². The van der Waals surface area contributed by atoms with Crippen LogP contribution in [-0.2, 0) is 11.3 Å². The summed E-state index contributed by atoms with van der Waals surface area (Å²) in [5.74, 6) is 0.766. The number of carbonyl (C=O) groups excluding carboxylic acids is 1. The van der Waals surface area contributed by atoms with Crippen LogP contribution in [0.25, 0.3) is 0 Å². The van der Waals surface area contributed by atoms with Crippen molar-refractivity contribution in [2.45, 2.75) is 26.8 Å². The average molecular weight is 222 g/mol. The van der Waals surface area contributed by atoms with Gasteiger partial charge in [-0.05, 0) is 19.4 Å². The van der Waals surface area contributed by atoms with Gasteiger partial charge in [0.15, 0.2) is 0 Å². The SMILES string of the molecule is CCCNC(=O)CNCc1ccnc(C)n1. The first kappa shape index (κ1) is 12.6. The van der Waals surface area contributed by atoms with E-state index >= 15 is 0 Å². The molecule has 1 amide bonds. The number of rotatable bonds is 6. The van der Waals surface area contributed by atoms with E-state index in [9.17, 15) is 4.79 Å². The topological polar surface area (TPSA) is 66.9 Å². The van der Waals surface area contributed by atoms with Crippen molar-refractivity contribution in [3.63, 3.8) is 0 Å². The van der Waals surface area contributed by atoms with Crippen LogP contribution in [-0.4, -0.2) is 29.0 Å². The Kier molecular flexibility index (Phi) is 5.42. The van der Waals surface area contributed by atoms with Gasteiger partial charge in [0.2, 0.25) is 5.91 Å². The summed E-state index contributed by atoms with van der Waals surface area (Å²) >= 11 is 0. The maximum Gasteiger partial charge on any atom is 0.233 e. The van der Waals surface area contributed by atoms with Crippen molar-refractivity contribution < 1.29 is 4.79 Å². The molecule has 0 aromatic carbocycles. The van der Waals surface area contributed by atoms with Gasteiger partial charge in [0.05, 0.1) is 12.2 Å². The molecule has 0 radical (unpaired) electrons. The molecule has 0 aliphatic rings. The smallest absolute Gasteiger partial charge is 0.233 e. The second-order valence-electron chi connectivity index (χ2n) is 3.55. The first-order valence-corrected chi connectivity index (χ1v) is 5.48. The van der Waals surface area contributed by atoms with Crippen molar-refractivity contribution >= 4 is 5.91 Å². The predicted molar refractivity (Wildman–Crippen MR) is 61.8 cm³/mol. The molecule has 2 N–H and O–H groups in total. The number of nitrogens with zero attached hydrogens (tertiary/aromatic N) is 2. The molecule has 1 aromatic heterocycles. The highest BCUT2D eigenvalue weighted by molar-refractivity contribution is 5.77. The van der Waals surface area contributed by atoms with Gasteiger partial charge in [0.25, 0.3) is 0 Å². The van der Waals surface area contributed by atoms with Crippen LogP contribution in [0.15, 0.2) is 12.3 Å². The Morgan fingerprint density at radius 3 is 3.00 bits per heavy atom. The van der Waals surface area contributed by atoms with Gasteiger partial charge in [-0.1, -0.05) is 6.92 Å². The molecule has 0 unspecified atom stereocenters. The van der Waals surface area contributed by atoms with E-state index in [1.54, 1.807) is 6.20 Å². The number of aromatic nitrogens is 2. The molecular formula is C11H18N4O. The third kappa shape index (κ3) is 4.84.